The van der Waals surface area contributed by atoms with E-state index in [4.69, 9.17) is 0 Å². The molecule has 20 heavy (non-hydrogen) atoms. The van der Waals surface area contributed by atoms with Crippen LogP contribution in [0.5, 0.6) is 0 Å². The van der Waals surface area contributed by atoms with Crippen molar-refractivity contribution >= 4 is 17.7 Å². The normalized spacial score (nSPS) is 31.2. The number of hydrogen-bond acceptors (Lipinski definition) is 3. The number of amides is 1. The fourth-order valence-electron chi connectivity index (χ4n) is 3.48. The molecule has 2 N–H and O–H groups in total. The van der Waals surface area contributed by atoms with Gasteiger partial charge in [0.15, 0.2) is 0 Å². The van der Waals surface area contributed by atoms with Crippen LogP contribution in [0.1, 0.15) is 52.9 Å². The van der Waals surface area contributed by atoms with Gasteiger partial charge in [0.05, 0.1) is 0 Å². The highest BCUT2D eigenvalue weighted by molar-refractivity contribution is 7.99. The summed E-state index contributed by atoms with van der Waals surface area (Å²) in [6, 6.07) is 0.405. The first kappa shape index (κ1) is 16.2. The fraction of sp³-hybridized carbons (Fsp3) is 0.938. The summed E-state index contributed by atoms with van der Waals surface area (Å²) < 4.78 is 0. The standard InChI is InChI=1S/C16H30N2OS/c1-4-20-14-8-7-13(10-14)18-15(19)16(2,3)12-6-5-9-17-11-12/h12-14,17H,4-11H2,1-3H3,(H,18,19). The lowest BCUT2D eigenvalue weighted by molar-refractivity contribution is -0.133. The third kappa shape index (κ3) is 3.91. The second kappa shape index (κ2) is 7.17. The van der Waals surface area contributed by atoms with Crippen LogP contribution in [0.2, 0.25) is 0 Å². The van der Waals surface area contributed by atoms with Crippen LogP contribution in [0.25, 0.3) is 0 Å². The van der Waals surface area contributed by atoms with Gasteiger partial charge in [-0.2, -0.15) is 11.8 Å². The summed E-state index contributed by atoms with van der Waals surface area (Å²) in [5.74, 6) is 1.92. The van der Waals surface area contributed by atoms with Crippen molar-refractivity contribution in [3.8, 4) is 0 Å². The van der Waals surface area contributed by atoms with E-state index >= 15 is 0 Å². The minimum atomic E-state index is -0.247. The van der Waals surface area contributed by atoms with Crippen molar-refractivity contribution in [3.05, 3.63) is 0 Å². The van der Waals surface area contributed by atoms with Gasteiger partial charge in [-0.25, -0.2) is 0 Å². The second-order valence-corrected chi connectivity index (χ2v) is 8.40. The van der Waals surface area contributed by atoms with Crippen LogP contribution in [0.15, 0.2) is 0 Å². The molecule has 0 aromatic carbocycles. The average Bonchev–Trinajstić information content (AvgIpc) is 2.87. The Morgan fingerprint density at radius 2 is 2.15 bits per heavy atom. The zero-order valence-corrected chi connectivity index (χ0v) is 14.0. The highest BCUT2D eigenvalue weighted by Gasteiger charge is 2.38. The van der Waals surface area contributed by atoms with Crippen molar-refractivity contribution < 1.29 is 4.79 Å². The largest absolute Gasteiger partial charge is 0.353 e. The van der Waals surface area contributed by atoms with Gasteiger partial charge in [-0.15, -0.1) is 0 Å². The summed E-state index contributed by atoms with van der Waals surface area (Å²) in [6.45, 7) is 8.54. The molecule has 3 atom stereocenters. The summed E-state index contributed by atoms with van der Waals surface area (Å²) in [5, 5.41) is 7.51. The number of piperidine rings is 1. The highest BCUT2D eigenvalue weighted by Crippen LogP contribution is 2.34. The SMILES string of the molecule is CCSC1CCC(NC(=O)C(C)(C)C2CCCNC2)C1. The third-order valence-electron chi connectivity index (χ3n) is 5.02. The van der Waals surface area contributed by atoms with Gasteiger partial charge >= 0.3 is 0 Å². The molecule has 1 aliphatic heterocycles. The first-order valence-corrected chi connectivity index (χ1v) is 9.22. The van der Waals surface area contributed by atoms with E-state index in [-0.39, 0.29) is 11.3 Å². The molecule has 4 heteroatoms. The van der Waals surface area contributed by atoms with Gasteiger partial charge in [-0.1, -0.05) is 20.8 Å². The molecule has 0 aromatic heterocycles. The smallest absolute Gasteiger partial charge is 0.226 e. The Kier molecular flexibility index (Phi) is 5.79. The fourth-order valence-corrected chi connectivity index (χ4v) is 4.63. The minimum absolute atomic E-state index is 0.247. The van der Waals surface area contributed by atoms with Crippen molar-refractivity contribution in [2.75, 3.05) is 18.8 Å². The van der Waals surface area contributed by atoms with Crippen molar-refractivity contribution in [2.45, 2.75) is 64.2 Å². The quantitative estimate of drug-likeness (QED) is 0.820. The van der Waals surface area contributed by atoms with E-state index < -0.39 is 0 Å². The molecule has 2 aliphatic rings. The average molecular weight is 298 g/mol. The summed E-state index contributed by atoms with van der Waals surface area (Å²) in [6.07, 6.45) is 5.94. The molecule has 1 saturated heterocycles. The summed E-state index contributed by atoms with van der Waals surface area (Å²) >= 11 is 2.04. The van der Waals surface area contributed by atoms with E-state index in [1.165, 1.54) is 25.0 Å². The lowest BCUT2D eigenvalue weighted by Crippen LogP contribution is -2.49. The first-order chi connectivity index (χ1) is 9.54. The molecule has 0 radical (unpaired) electrons. The van der Waals surface area contributed by atoms with Crippen molar-refractivity contribution in [1.82, 2.24) is 10.6 Å². The number of carbonyl (C=O) groups is 1. The van der Waals surface area contributed by atoms with Crippen LogP contribution in [0.3, 0.4) is 0 Å². The molecule has 0 aromatic rings. The van der Waals surface area contributed by atoms with Crippen molar-refractivity contribution in [1.29, 1.82) is 0 Å². The van der Waals surface area contributed by atoms with Gasteiger partial charge in [0, 0.05) is 16.7 Å². The topological polar surface area (TPSA) is 41.1 Å². The molecule has 3 unspecified atom stereocenters. The molecule has 1 saturated carbocycles. The summed E-state index contributed by atoms with van der Waals surface area (Å²) in [4.78, 5) is 12.6. The molecule has 0 bridgehead atoms. The van der Waals surface area contributed by atoms with Crippen molar-refractivity contribution in [2.24, 2.45) is 11.3 Å². The maximum absolute atomic E-state index is 12.6. The molecular weight excluding hydrogens is 268 g/mol. The van der Waals surface area contributed by atoms with E-state index in [1.54, 1.807) is 0 Å². The number of nitrogens with one attached hydrogen (secondary N) is 2. The monoisotopic (exact) mass is 298 g/mol. The lowest BCUT2D eigenvalue weighted by Gasteiger charge is -2.36. The highest BCUT2D eigenvalue weighted by atomic mass is 32.2. The Bertz CT molecular complexity index is 326. The zero-order valence-electron chi connectivity index (χ0n) is 13.2. The van der Waals surface area contributed by atoms with E-state index in [0.717, 1.165) is 31.2 Å². The van der Waals surface area contributed by atoms with Gasteiger partial charge in [0.1, 0.15) is 0 Å². The Hall–Kier alpha value is -0.220. The van der Waals surface area contributed by atoms with Gasteiger partial charge < -0.3 is 10.6 Å². The molecular formula is C16H30N2OS. The van der Waals surface area contributed by atoms with Crippen LogP contribution < -0.4 is 10.6 Å². The summed E-state index contributed by atoms with van der Waals surface area (Å²) in [5.41, 5.74) is -0.247. The van der Waals surface area contributed by atoms with Crippen molar-refractivity contribution in [3.63, 3.8) is 0 Å². The lowest BCUT2D eigenvalue weighted by atomic mass is 9.74. The molecule has 116 valence electrons. The van der Waals surface area contributed by atoms with Crippen LogP contribution in [-0.2, 0) is 4.79 Å². The first-order valence-electron chi connectivity index (χ1n) is 8.17. The van der Waals surface area contributed by atoms with Gasteiger partial charge in [0.2, 0.25) is 5.91 Å². The number of hydrogen-bond donors (Lipinski definition) is 2. The van der Waals surface area contributed by atoms with Crippen LogP contribution >= 0.6 is 11.8 Å². The molecule has 0 spiro atoms. The predicted molar refractivity (Wildman–Crippen MR) is 87.1 cm³/mol. The van der Waals surface area contributed by atoms with E-state index in [1.807, 2.05) is 11.8 Å². The maximum Gasteiger partial charge on any atom is 0.226 e. The Morgan fingerprint density at radius 3 is 2.80 bits per heavy atom. The molecule has 1 heterocycles. The van der Waals surface area contributed by atoms with E-state index in [0.29, 0.717) is 12.0 Å². The van der Waals surface area contributed by atoms with Crippen LogP contribution in [0.4, 0.5) is 0 Å². The number of rotatable bonds is 5. The molecule has 1 amide bonds. The Morgan fingerprint density at radius 1 is 1.35 bits per heavy atom. The molecule has 2 fully saturated rings. The van der Waals surface area contributed by atoms with Crippen LogP contribution in [-0.4, -0.2) is 36.0 Å². The summed E-state index contributed by atoms with van der Waals surface area (Å²) in [7, 11) is 0. The Balaban J connectivity index is 1.84. The predicted octanol–water partition coefficient (Wildman–Crippen LogP) is 2.80. The second-order valence-electron chi connectivity index (χ2n) is 6.83. The maximum atomic E-state index is 12.6. The molecule has 1 aliphatic carbocycles. The third-order valence-corrected chi connectivity index (χ3v) is 6.26. The number of thioether (sulfide) groups is 1. The minimum Gasteiger partial charge on any atom is -0.353 e. The van der Waals surface area contributed by atoms with Gasteiger partial charge in [-0.3, -0.25) is 4.79 Å². The van der Waals surface area contributed by atoms with E-state index in [9.17, 15) is 4.79 Å². The van der Waals surface area contributed by atoms with Gasteiger partial charge in [-0.05, 0) is 56.9 Å². The molecule has 3 nitrogen and oxygen atoms in total. The van der Waals surface area contributed by atoms with E-state index in [2.05, 4.69) is 31.4 Å². The molecule has 2 rings (SSSR count). The van der Waals surface area contributed by atoms with Gasteiger partial charge in [0.25, 0.3) is 0 Å². The van der Waals surface area contributed by atoms with Crippen LogP contribution in [0, 0.1) is 11.3 Å². The Labute approximate surface area is 128 Å². The number of carbonyl (C=O) groups excluding carboxylic acids is 1. The zero-order chi connectivity index (χ0) is 14.6.